The van der Waals surface area contributed by atoms with E-state index >= 15 is 0 Å². The van der Waals surface area contributed by atoms with Gasteiger partial charge in [0.2, 0.25) is 0 Å². The number of rotatable bonds is 2. The van der Waals surface area contributed by atoms with E-state index in [-0.39, 0.29) is 0 Å². The zero-order valence-corrected chi connectivity index (χ0v) is 10.7. The van der Waals surface area contributed by atoms with Gasteiger partial charge in [-0.15, -0.1) is 0 Å². The molecule has 1 fully saturated rings. The van der Waals surface area contributed by atoms with E-state index in [0.717, 1.165) is 35.2 Å². The Labute approximate surface area is 110 Å². The van der Waals surface area contributed by atoms with Crippen molar-refractivity contribution in [3.63, 3.8) is 0 Å². The molecule has 3 rings (SSSR count). The lowest BCUT2D eigenvalue weighted by molar-refractivity contribution is -0.138. The summed E-state index contributed by atoms with van der Waals surface area (Å²) in [5.74, 6) is -0.0458. The van der Waals surface area contributed by atoms with Crippen molar-refractivity contribution >= 4 is 22.7 Å². The van der Waals surface area contributed by atoms with Crippen LogP contribution in [0.5, 0.6) is 0 Å². The van der Waals surface area contributed by atoms with Crippen LogP contribution in [-0.2, 0) is 4.79 Å². The van der Waals surface area contributed by atoms with Crippen molar-refractivity contribution in [3.8, 4) is 0 Å². The van der Waals surface area contributed by atoms with E-state index in [9.17, 15) is 9.90 Å². The highest BCUT2D eigenvalue weighted by Gasteiger charge is 2.32. The third-order valence-corrected chi connectivity index (χ3v) is 3.66. The predicted molar refractivity (Wildman–Crippen MR) is 72.3 cm³/mol. The van der Waals surface area contributed by atoms with Gasteiger partial charge in [0.1, 0.15) is 18.2 Å². The second-order valence-corrected chi connectivity index (χ2v) is 4.86. The van der Waals surface area contributed by atoms with E-state index < -0.39 is 12.0 Å². The summed E-state index contributed by atoms with van der Waals surface area (Å²) < 4.78 is 0. The molecule has 1 aromatic carbocycles. The first-order valence-corrected chi connectivity index (χ1v) is 6.38. The van der Waals surface area contributed by atoms with Crippen LogP contribution in [0, 0.1) is 6.92 Å². The molecule has 0 aliphatic carbocycles. The second kappa shape index (κ2) is 4.50. The first-order valence-electron chi connectivity index (χ1n) is 6.38. The molecular formula is C14H15N3O2. The van der Waals surface area contributed by atoms with Gasteiger partial charge in [-0.05, 0) is 31.4 Å². The molecule has 1 aliphatic heterocycles. The quantitative estimate of drug-likeness (QED) is 0.891. The van der Waals surface area contributed by atoms with Gasteiger partial charge in [0, 0.05) is 11.9 Å². The van der Waals surface area contributed by atoms with Crippen molar-refractivity contribution in [2.75, 3.05) is 11.4 Å². The summed E-state index contributed by atoms with van der Waals surface area (Å²) in [5, 5.41) is 10.2. The van der Waals surface area contributed by atoms with Gasteiger partial charge in [0.25, 0.3) is 0 Å². The molecule has 5 nitrogen and oxygen atoms in total. The Bertz CT molecular complexity index is 642. The van der Waals surface area contributed by atoms with Crippen molar-refractivity contribution in [2.24, 2.45) is 0 Å². The minimum absolute atomic E-state index is 0.474. The van der Waals surface area contributed by atoms with Crippen LogP contribution in [0.25, 0.3) is 10.9 Å². The number of fused-ring (bicyclic) bond motifs is 1. The summed E-state index contributed by atoms with van der Waals surface area (Å²) >= 11 is 0. The molecule has 0 radical (unpaired) electrons. The molecule has 1 unspecified atom stereocenters. The van der Waals surface area contributed by atoms with E-state index in [1.165, 1.54) is 6.33 Å². The topological polar surface area (TPSA) is 66.3 Å². The number of benzene rings is 1. The zero-order valence-electron chi connectivity index (χ0n) is 10.7. The van der Waals surface area contributed by atoms with Crippen molar-refractivity contribution in [1.82, 2.24) is 9.97 Å². The maximum absolute atomic E-state index is 11.3. The number of hydrogen-bond acceptors (Lipinski definition) is 4. The average Bonchev–Trinajstić information content (AvgIpc) is 2.88. The van der Waals surface area contributed by atoms with E-state index in [0.29, 0.717) is 6.42 Å². The Morgan fingerprint density at radius 1 is 1.42 bits per heavy atom. The summed E-state index contributed by atoms with van der Waals surface area (Å²) in [6.45, 7) is 2.73. The van der Waals surface area contributed by atoms with Gasteiger partial charge in [0.15, 0.2) is 0 Å². The number of carbonyl (C=O) groups is 1. The predicted octanol–water partition coefficient (Wildman–Crippen LogP) is 1.99. The highest BCUT2D eigenvalue weighted by Crippen LogP contribution is 2.30. The number of aromatic nitrogens is 2. The number of aryl methyl sites for hydroxylation is 1. The Morgan fingerprint density at radius 3 is 3.05 bits per heavy atom. The number of para-hydroxylation sites is 1. The maximum atomic E-state index is 11.3. The molecule has 19 heavy (non-hydrogen) atoms. The normalized spacial score (nSPS) is 19.0. The summed E-state index contributed by atoms with van der Waals surface area (Å²) in [4.78, 5) is 21.8. The van der Waals surface area contributed by atoms with Crippen LogP contribution in [0.3, 0.4) is 0 Å². The van der Waals surface area contributed by atoms with Gasteiger partial charge in [-0.25, -0.2) is 14.8 Å². The molecule has 2 heterocycles. The first-order chi connectivity index (χ1) is 9.18. The van der Waals surface area contributed by atoms with Gasteiger partial charge in [-0.2, -0.15) is 0 Å². The fourth-order valence-corrected chi connectivity index (χ4v) is 2.73. The molecule has 1 N–H and O–H groups in total. The number of hydrogen-bond donors (Lipinski definition) is 1. The second-order valence-electron chi connectivity index (χ2n) is 4.86. The number of carboxylic acids is 1. The molecule has 5 heteroatoms. The lowest BCUT2D eigenvalue weighted by atomic mass is 10.1. The van der Waals surface area contributed by atoms with Crippen LogP contribution >= 0.6 is 0 Å². The molecule has 2 aromatic rings. The first kappa shape index (κ1) is 11.9. The number of aliphatic carboxylic acids is 1. The van der Waals surface area contributed by atoms with E-state index in [2.05, 4.69) is 9.97 Å². The molecule has 0 saturated carbocycles. The van der Waals surface area contributed by atoms with Crippen LogP contribution < -0.4 is 4.90 Å². The molecule has 1 aromatic heterocycles. The molecule has 1 saturated heterocycles. The monoisotopic (exact) mass is 257 g/mol. The van der Waals surface area contributed by atoms with Crippen LogP contribution in [0.15, 0.2) is 24.5 Å². The van der Waals surface area contributed by atoms with Crippen LogP contribution in [0.1, 0.15) is 18.4 Å². The Hall–Kier alpha value is -2.17. The Morgan fingerprint density at radius 2 is 2.26 bits per heavy atom. The minimum atomic E-state index is -0.781. The van der Waals surface area contributed by atoms with Crippen molar-refractivity contribution in [3.05, 3.63) is 30.1 Å². The molecule has 0 bridgehead atoms. The molecule has 1 atom stereocenters. The Balaban J connectivity index is 2.15. The average molecular weight is 257 g/mol. The summed E-state index contributed by atoms with van der Waals surface area (Å²) in [6.07, 6.45) is 3.07. The third-order valence-electron chi connectivity index (χ3n) is 3.66. The molecule has 0 amide bonds. The molecular weight excluding hydrogens is 242 g/mol. The highest BCUT2D eigenvalue weighted by molar-refractivity contribution is 5.93. The van der Waals surface area contributed by atoms with E-state index in [4.69, 9.17) is 0 Å². The minimum Gasteiger partial charge on any atom is -0.480 e. The van der Waals surface area contributed by atoms with Gasteiger partial charge in [-0.3, -0.25) is 0 Å². The zero-order chi connectivity index (χ0) is 13.4. The van der Waals surface area contributed by atoms with Gasteiger partial charge >= 0.3 is 5.97 Å². The van der Waals surface area contributed by atoms with Gasteiger partial charge in [0.05, 0.1) is 5.52 Å². The van der Waals surface area contributed by atoms with Crippen molar-refractivity contribution in [1.29, 1.82) is 0 Å². The van der Waals surface area contributed by atoms with Crippen LogP contribution in [-0.4, -0.2) is 33.6 Å². The standard InChI is InChI=1S/C14H15N3O2/c1-9-4-2-5-10-12(9)15-8-16-13(10)17-7-3-6-11(17)14(18)19/h2,4-5,8,11H,3,6-7H2,1H3,(H,18,19). The van der Waals surface area contributed by atoms with Gasteiger partial charge < -0.3 is 10.0 Å². The SMILES string of the molecule is Cc1cccc2c(N3CCCC3C(=O)O)ncnc12. The fourth-order valence-electron chi connectivity index (χ4n) is 2.73. The van der Waals surface area contributed by atoms with Gasteiger partial charge in [-0.1, -0.05) is 12.1 Å². The summed E-state index contributed by atoms with van der Waals surface area (Å²) in [5.41, 5.74) is 1.97. The number of anilines is 1. The molecule has 98 valence electrons. The highest BCUT2D eigenvalue weighted by atomic mass is 16.4. The number of carboxylic acid groups (broad SMARTS) is 1. The van der Waals surface area contributed by atoms with Crippen molar-refractivity contribution < 1.29 is 9.90 Å². The summed E-state index contributed by atoms with van der Waals surface area (Å²) in [7, 11) is 0. The summed E-state index contributed by atoms with van der Waals surface area (Å²) in [6, 6.07) is 5.43. The fraction of sp³-hybridized carbons (Fsp3) is 0.357. The third kappa shape index (κ3) is 1.91. The van der Waals surface area contributed by atoms with Crippen LogP contribution in [0.4, 0.5) is 5.82 Å². The van der Waals surface area contributed by atoms with E-state index in [1.54, 1.807) is 0 Å². The number of nitrogens with zero attached hydrogens (tertiary/aromatic N) is 3. The van der Waals surface area contributed by atoms with Crippen molar-refractivity contribution in [2.45, 2.75) is 25.8 Å². The lowest BCUT2D eigenvalue weighted by Gasteiger charge is -2.23. The maximum Gasteiger partial charge on any atom is 0.326 e. The van der Waals surface area contributed by atoms with Crippen LogP contribution in [0.2, 0.25) is 0 Å². The molecule has 0 spiro atoms. The largest absolute Gasteiger partial charge is 0.480 e. The Kier molecular flexibility index (Phi) is 2.81. The lowest BCUT2D eigenvalue weighted by Crippen LogP contribution is -2.36. The molecule has 1 aliphatic rings. The van der Waals surface area contributed by atoms with E-state index in [1.807, 2.05) is 30.0 Å². The smallest absolute Gasteiger partial charge is 0.326 e.